The van der Waals surface area contributed by atoms with E-state index in [2.05, 4.69) is 22.5 Å². The molecule has 1 saturated heterocycles. The number of rotatable bonds is 5. The molecule has 3 aliphatic carbocycles. The number of nitrogens with one attached hydrogen (secondary N) is 1. The van der Waals surface area contributed by atoms with Crippen LogP contribution in [0.25, 0.3) is 0 Å². The number of pyridine rings is 1. The topological polar surface area (TPSA) is 79.4 Å². The number of anilines is 1. The molecule has 2 heterocycles. The maximum absolute atomic E-state index is 13.1. The van der Waals surface area contributed by atoms with Gasteiger partial charge in [0.1, 0.15) is 0 Å². The van der Waals surface area contributed by atoms with Crippen molar-refractivity contribution < 1.29 is 14.4 Å². The second-order valence-electron chi connectivity index (χ2n) is 10.3. The van der Waals surface area contributed by atoms with Crippen LogP contribution in [0.3, 0.4) is 0 Å². The molecule has 6 nitrogen and oxygen atoms in total. The smallest absolute Gasteiger partial charge is 0.233 e. The highest BCUT2D eigenvalue weighted by Gasteiger charge is 2.60. The van der Waals surface area contributed by atoms with Gasteiger partial charge in [0.15, 0.2) is 0 Å². The number of carbonyl (C=O) groups excluding carboxylic acids is 3. The lowest BCUT2D eigenvalue weighted by atomic mass is 9.84. The van der Waals surface area contributed by atoms with Gasteiger partial charge in [-0.2, -0.15) is 0 Å². The van der Waals surface area contributed by atoms with Gasteiger partial charge in [0.2, 0.25) is 17.7 Å². The predicted molar refractivity (Wildman–Crippen MR) is 127 cm³/mol. The van der Waals surface area contributed by atoms with Gasteiger partial charge in [0.25, 0.3) is 0 Å². The summed E-state index contributed by atoms with van der Waals surface area (Å²) in [5.41, 5.74) is 3.18. The van der Waals surface area contributed by atoms with Gasteiger partial charge in [-0.3, -0.25) is 24.3 Å². The summed E-state index contributed by atoms with van der Waals surface area (Å²) >= 11 is 0. The van der Waals surface area contributed by atoms with E-state index in [9.17, 15) is 14.4 Å². The summed E-state index contributed by atoms with van der Waals surface area (Å²) in [6.45, 7) is 0. The summed E-state index contributed by atoms with van der Waals surface area (Å²) in [5.74, 6) is 0.231. The number of allylic oxidation sites excluding steroid dienone is 2. The number of aromatic nitrogens is 1. The molecule has 2 bridgehead atoms. The molecule has 6 heteroatoms. The third kappa shape index (κ3) is 3.65. The molecule has 1 aromatic heterocycles. The Hall–Kier alpha value is -3.28. The SMILES string of the molecule is O=C(Nc1ccc(Cc2ccncc2)cc1)C1CCC(N2C(=O)[C@@H]3[C@H](C2=O)[C@H]2C=C[C@H]3C2)CC1. The number of fused-ring (bicyclic) bond motifs is 5. The average molecular weight is 456 g/mol. The minimum absolute atomic E-state index is 0.0264. The van der Waals surface area contributed by atoms with Gasteiger partial charge in [0.05, 0.1) is 11.8 Å². The molecule has 174 valence electrons. The Bertz CT molecular complexity index is 1110. The van der Waals surface area contributed by atoms with Crippen LogP contribution in [-0.2, 0) is 20.8 Å². The van der Waals surface area contributed by atoms with Crippen LogP contribution < -0.4 is 5.32 Å². The molecule has 1 N–H and O–H groups in total. The molecule has 1 aromatic carbocycles. The number of hydrogen-bond donors (Lipinski definition) is 1. The molecular formula is C28H29N3O3. The summed E-state index contributed by atoms with van der Waals surface area (Å²) in [5, 5.41) is 3.05. The van der Waals surface area contributed by atoms with E-state index in [1.54, 1.807) is 17.3 Å². The second kappa shape index (κ2) is 8.49. The number of amides is 3. The van der Waals surface area contributed by atoms with Gasteiger partial charge in [0, 0.05) is 30.0 Å². The van der Waals surface area contributed by atoms with Crippen LogP contribution in [0.2, 0.25) is 0 Å². The van der Waals surface area contributed by atoms with Crippen molar-refractivity contribution in [3.8, 4) is 0 Å². The molecule has 6 rings (SSSR count). The van der Waals surface area contributed by atoms with Crippen molar-refractivity contribution >= 4 is 23.4 Å². The second-order valence-corrected chi connectivity index (χ2v) is 10.3. The first-order chi connectivity index (χ1) is 16.6. The van der Waals surface area contributed by atoms with Crippen LogP contribution in [0.1, 0.15) is 43.2 Å². The van der Waals surface area contributed by atoms with Crippen LogP contribution in [0.15, 0.2) is 60.9 Å². The fourth-order valence-corrected chi connectivity index (χ4v) is 6.57. The lowest BCUT2D eigenvalue weighted by Gasteiger charge is -2.33. The van der Waals surface area contributed by atoms with E-state index in [-0.39, 0.29) is 53.4 Å². The Kier molecular flexibility index (Phi) is 5.31. The molecule has 3 fully saturated rings. The van der Waals surface area contributed by atoms with Crippen LogP contribution in [-0.4, -0.2) is 33.6 Å². The van der Waals surface area contributed by atoms with E-state index in [0.717, 1.165) is 18.5 Å². The van der Waals surface area contributed by atoms with E-state index in [0.29, 0.717) is 25.7 Å². The van der Waals surface area contributed by atoms with E-state index in [1.807, 2.05) is 36.4 Å². The Morgan fingerprint density at radius 3 is 2.06 bits per heavy atom. The summed E-state index contributed by atoms with van der Waals surface area (Å²) in [6, 6.07) is 11.9. The quantitative estimate of drug-likeness (QED) is 0.546. The highest BCUT2D eigenvalue weighted by molar-refractivity contribution is 6.06. The van der Waals surface area contributed by atoms with Gasteiger partial charge in [-0.15, -0.1) is 0 Å². The first-order valence-corrected chi connectivity index (χ1v) is 12.4. The lowest BCUT2D eigenvalue weighted by molar-refractivity contribution is -0.144. The molecule has 2 aromatic rings. The zero-order chi connectivity index (χ0) is 23.2. The Morgan fingerprint density at radius 2 is 1.44 bits per heavy atom. The Labute approximate surface area is 199 Å². The van der Waals surface area contributed by atoms with Crippen LogP contribution in [0.5, 0.6) is 0 Å². The maximum atomic E-state index is 13.1. The van der Waals surface area contributed by atoms with E-state index >= 15 is 0 Å². The van der Waals surface area contributed by atoms with E-state index in [1.165, 1.54) is 11.1 Å². The van der Waals surface area contributed by atoms with Gasteiger partial charge in [-0.25, -0.2) is 0 Å². The first-order valence-electron chi connectivity index (χ1n) is 12.4. The predicted octanol–water partition coefficient (Wildman–Crippen LogP) is 3.98. The fourth-order valence-electron chi connectivity index (χ4n) is 6.57. The largest absolute Gasteiger partial charge is 0.326 e. The molecule has 0 radical (unpaired) electrons. The van der Waals surface area contributed by atoms with Crippen LogP contribution in [0, 0.1) is 29.6 Å². The average Bonchev–Trinajstić information content (AvgIpc) is 3.55. The number of nitrogens with zero attached hydrogens (tertiary/aromatic N) is 2. The van der Waals surface area contributed by atoms with Crippen molar-refractivity contribution in [3.05, 3.63) is 72.1 Å². The van der Waals surface area contributed by atoms with Gasteiger partial charge in [-0.05, 0) is 85.8 Å². The molecule has 0 unspecified atom stereocenters. The molecule has 4 atom stereocenters. The molecule has 0 spiro atoms. The summed E-state index contributed by atoms with van der Waals surface area (Å²) in [6.07, 6.45) is 12.5. The van der Waals surface area contributed by atoms with Crippen molar-refractivity contribution in [2.75, 3.05) is 5.32 Å². The highest BCUT2D eigenvalue weighted by Crippen LogP contribution is 2.53. The third-order valence-corrected chi connectivity index (χ3v) is 8.32. The Balaban J connectivity index is 1.03. The minimum atomic E-state index is -0.134. The zero-order valence-corrected chi connectivity index (χ0v) is 19.1. The van der Waals surface area contributed by atoms with Crippen LogP contribution >= 0.6 is 0 Å². The van der Waals surface area contributed by atoms with Crippen molar-refractivity contribution in [3.63, 3.8) is 0 Å². The molecule has 1 aliphatic heterocycles. The maximum Gasteiger partial charge on any atom is 0.233 e. The standard InChI is InChI=1S/C28H29N3O3/c32-26(30-22-7-1-17(2-8-22)15-18-11-13-29-14-12-18)19-5-9-23(10-6-19)31-27(33)24-20-3-4-21(16-20)25(24)28(31)34/h1-4,7-8,11-14,19-21,23-25H,5-6,9-10,15-16H2,(H,30,32)/t19?,20-,21-,23?,24-,25+/m0/s1. The van der Waals surface area contributed by atoms with Gasteiger partial charge < -0.3 is 5.32 Å². The zero-order valence-electron chi connectivity index (χ0n) is 19.1. The number of hydrogen-bond acceptors (Lipinski definition) is 4. The first kappa shape index (κ1) is 21.3. The monoisotopic (exact) mass is 455 g/mol. The van der Waals surface area contributed by atoms with Gasteiger partial charge in [-0.1, -0.05) is 24.3 Å². The summed E-state index contributed by atoms with van der Waals surface area (Å²) < 4.78 is 0. The van der Waals surface area contributed by atoms with Crippen molar-refractivity contribution in [2.45, 2.75) is 44.6 Å². The fraction of sp³-hybridized carbons (Fsp3) is 0.429. The highest BCUT2D eigenvalue weighted by atomic mass is 16.2. The van der Waals surface area contributed by atoms with Crippen molar-refractivity contribution in [1.29, 1.82) is 0 Å². The minimum Gasteiger partial charge on any atom is -0.326 e. The number of benzene rings is 1. The van der Waals surface area contributed by atoms with Crippen LogP contribution in [0.4, 0.5) is 5.69 Å². The van der Waals surface area contributed by atoms with Crippen molar-refractivity contribution in [1.82, 2.24) is 9.88 Å². The summed E-state index contributed by atoms with van der Waals surface area (Å²) in [4.78, 5) is 44.7. The lowest BCUT2D eigenvalue weighted by Crippen LogP contribution is -2.44. The number of carbonyl (C=O) groups is 3. The molecule has 4 aliphatic rings. The number of imide groups is 1. The third-order valence-electron chi connectivity index (χ3n) is 8.32. The molecule has 2 saturated carbocycles. The molecule has 3 amide bonds. The normalized spacial score (nSPS) is 31.7. The summed E-state index contributed by atoms with van der Waals surface area (Å²) in [7, 11) is 0. The van der Waals surface area contributed by atoms with Crippen molar-refractivity contribution in [2.24, 2.45) is 29.6 Å². The molecule has 34 heavy (non-hydrogen) atoms. The van der Waals surface area contributed by atoms with E-state index < -0.39 is 0 Å². The molecular weight excluding hydrogens is 426 g/mol. The number of likely N-dealkylation sites (tertiary alicyclic amines) is 1. The van der Waals surface area contributed by atoms with E-state index in [4.69, 9.17) is 0 Å². The van der Waals surface area contributed by atoms with Gasteiger partial charge >= 0.3 is 0 Å². The Morgan fingerprint density at radius 1 is 0.853 bits per heavy atom.